The van der Waals surface area contributed by atoms with Crippen molar-refractivity contribution in [1.29, 1.82) is 0 Å². The molecule has 3 nitrogen and oxygen atoms in total. The summed E-state index contributed by atoms with van der Waals surface area (Å²) in [6.45, 7) is 3.33. The predicted molar refractivity (Wildman–Crippen MR) is 72.3 cm³/mol. The fourth-order valence-corrected chi connectivity index (χ4v) is 2.45. The van der Waals surface area contributed by atoms with Crippen LogP contribution in [0.25, 0.3) is 0 Å². The molecule has 1 fully saturated rings. The highest BCUT2D eigenvalue weighted by atomic mass is 79.9. The highest BCUT2D eigenvalue weighted by Gasteiger charge is 2.17. The van der Waals surface area contributed by atoms with Crippen molar-refractivity contribution in [3.05, 3.63) is 33.3 Å². The van der Waals surface area contributed by atoms with Gasteiger partial charge in [0, 0.05) is 35.7 Å². The third-order valence-corrected chi connectivity index (χ3v) is 3.83. The Hall–Kier alpha value is -0.580. The van der Waals surface area contributed by atoms with E-state index in [4.69, 9.17) is 11.6 Å². The van der Waals surface area contributed by atoms with Crippen molar-refractivity contribution >= 4 is 33.4 Å². The fraction of sp³-hybridized carbons (Fsp3) is 0.417. The summed E-state index contributed by atoms with van der Waals surface area (Å²) in [4.78, 5) is 14.0. The van der Waals surface area contributed by atoms with Crippen LogP contribution in [0.3, 0.4) is 0 Å². The van der Waals surface area contributed by atoms with Gasteiger partial charge < -0.3 is 10.2 Å². The summed E-state index contributed by atoms with van der Waals surface area (Å²) in [5.74, 6) is 0.162. The van der Waals surface area contributed by atoms with Gasteiger partial charge in [-0.05, 0) is 23.8 Å². The molecule has 1 saturated heterocycles. The first-order valence-electron chi connectivity index (χ1n) is 5.59. The SMILES string of the molecule is O=C(Cc1cc(Cl)ccc1Br)N1CCNCC1. The highest BCUT2D eigenvalue weighted by Crippen LogP contribution is 2.22. The second-order valence-corrected chi connectivity index (χ2v) is 5.33. The van der Waals surface area contributed by atoms with Crippen molar-refractivity contribution in [3.8, 4) is 0 Å². The van der Waals surface area contributed by atoms with Gasteiger partial charge in [0.25, 0.3) is 0 Å². The number of piperazine rings is 1. The maximum atomic E-state index is 12.1. The summed E-state index contributed by atoms with van der Waals surface area (Å²) in [7, 11) is 0. The van der Waals surface area contributed by atoms with Gasteiger partial charge in [-0.25, -0.2) is 0 Å². The van der Waals surface area contributed by atoms with Gasteiger partial charge in [-0.15, -0.1) is 0 Å². The van der Waals surface area contributed by atoms with Gasteiger partial charge in [-0.3, -0.25) is 4.79 Å². The van der Waals surface area contributed by atoms with E-state index >= 15 is 0 Å². The van der Waals surface area contributed by atoms with Gasteiger partial charge in [-0.2, -0.15) is 0 Å². The number of carbonyl (C=O) groups is 1. The molecule has 0 unspecified atom stereocenters. The molecule has 0 bridgehead atoms. The van der Waals surface area contributed by atoms with E-state index in [0.717, 1.165) is 36.2 Å². The first kappa shape index (κ1) is 12.9. The van der Waals surface area contributed by atoms with Crippen LogP contribution in [0.2, 0.25) is 5.02 Å². The summed E-state index contributed by atoms with van der Waals surface area (Å²) in [6, 6.07) is 5.53. The average molecular weight is 318 g/mol. The molecule has 1 N–H and O–H groups in total. The lowest BCUT2D eigenvalue weighted by Gasteiger charge is -2.27. The van der Waals surface area contributed by atoms with Crippen LogP contribution < -0.4 is 5.32 Å². The number of hydrogen-bond donors (Lipinski definition) is 1. The van der Waals surface area contributed by atoms with E-state index in [9.17, 15) is 4.79 Å². The van der Waals surface area contributed by atoms with Gasteiger partial charge in [0.15, 0.2) is 0 Å². The van der Waals surface area contributed by atoms with Crippen molar-refractivity contribution < 1.29 is 4.79 Å². The van der Waals surface area contributed by atoms with Gasteiger partial charge >= 0.3 is 0 Å². The highest BCUT2D eigenvalue weighted by molar-refractivity contribution is 9.10. The fourth-order valence-electron chi connectivity index (χ4n) is 1.87. The third kappa shape index (κ3) is 3.44. The summed E-state index contributed by atoms with van der Waals surface area (Å²) in [5, 5.41) is 3.89. The van der Waals surface area contributed by atoms with Crippen LogP contribution in [0.1, 0.15) is 5.56 Å². The van der Waals surface area contributed by atoms with Crippen molar-refractivity contribution in [3.63, 3.8) is 0 Å². The molecule has 0 saturated carbocycles. The lowest BCUT2D eigenvalue weighted by atomic mass is 10.1. The molecule has 1 amide bonds. The maximum Gasteiger partial charge on any atom is 0.227 e. The minimum atomic E-state index is 0.162. The molecule has 2 rings (SSSR count). The number of amides is 1. The van der Waals surface area contributed by atoms with E-state index in [1.54, 1.807) is 0 Å². The lowest BCUT2D eigenvalue weighted by molar-refractivity contribution is -0.131. The van der Waals surface area contributed by atoms with Crippen molar-refractivity contribution in [1.82, 2.24) is 10.2 Å². The van der Waals surface area contributed by atoms with E-state index < -0.39 is 0 Å². The van der Waals surface area contributed by atoms with E-state index in [1.807, 2.05) is 23.1 Å². The predicted octanol–water partition coefficient (Wildman–Crippen LogP) is 2.08. The van der Waals surface area contributed by atoms with Crippen molar-refractivity contribution in [2.45, 2.75) is 6.42 Å². The second kappa shape index (κ2) is 5.85. The Kier molecular flexibility index (Phi) is 4.42. The quantitative estimate of drug-likeness (QED) is 0.906. The Balaban J connectivity index is 2.04. The van der Waals surface area contributed by atoms with Gasteiger partial charge in [-0.1, -0.05) is 27.5 Å². The molecule has 1 heterocycles. The van der Waals surface area contributed by atoms with Crippen LogP contribution in [-0.2, 0) is 11.2 Å². The molecule has 0 atom stereocenters. The van der Waals surface area contributed by atoms with E-state index in [0.29, 0.717) is 11.4 Å². The molecule has 5 heteroatoms. The van der Waals surface area contributed by atoms with E-state index in [1.165, 1.54) is 0 Å². The number of rotatable bonds is 2. The molecule has 0 aliphatic carbocycles. The molecule has 1 aromatic carbocycles. The standard InChI is InChI=1S/C12H14BrClN2O/c13-11-2-1-10(14)7-9(11)8-12(17)16-5-3-15-4-6-16/h1-2,7,15H,3-6,8H2. The van der Waals surface area contributed by atoms with Crippen LogP contribution in [0.5, 0.6) is 0 Å². The number of carbonyl (C=O) groups excluding carboxylic acids is 1. The normalized spacial score (nSPS) is 16.0. The molecule has 92 valence electrons. The smallest absolute Gasteiger partial charge is 0.227 e. The summed E-state index contributed by atoms with van der Waals surface area (Å²) < 4.78 is 0.936. The minimum absolute atomic E-state index is 0.162. The minimum Gasteiger partial charge on any atom is -0.340 e. The topological polar surface area (TPSA) is 32.3 Å². The first-order chi connectivity index (χ1) is 8.16. The lowest BCUT2D eigenvalue weighted by Crippen LogP contribution is -2.46. The van der Waals surface area contributed by atoms with E-state index in [-0.39, 0.29) is 5.91 Å². The number of nitrogens with zero attached hydrogens (tertiary/aromatic N) is 1. The first-order valence-corrected chi connectivity index (χ1v) is 6.76. The van der Waals surface area contributed by atoms with Gasteiger partial charge in [0.1, 0.15) is 0 Å². The van der Waals surface area contributed by atoms with Crippen LogP contribution in [0.15, 0.2) is 22.7 Å². The Morgan fingerprint density at radius 3 is 2.82 bits per heavy atom. The zero-order valence-corrected chi connectivity index (χ0v) is 11.7. The molecule has 0 radical (unpaired) electrons. The zero-order chi connectivity index (χ0) is 12.3. The van der Waals surface area contributed by atoms with E-state index in [2.05, 4.69) is 21.2 Å². The van der Waals surface area contributed by atoms with Gasteiger partial charge in [0.05, 0.1) is 6.42 Å². The summed E-state index contributed by atoms with van der Waals surface area (Å²) >= 11 is 9.37. The maximum absolute atomic E-state index is 12.1. The van der Waals surface area contributed by atoms with Crippen molar-refractivity contribution in [2.24, 2.45) is 0 Å². The average Bonchev–Trinajstić information content (AvgIpc) is 2.35. The molecular weight excluding hydrogens is 304 g/mol. The molecule has 17 heavy (non-hydrogen) atoms. The largest absolute Gasteiger partial charge is 0.340 e. The van der Waals surface area contributed by atoms with Gasteiger partial charge in [0.2, 0.25) is 5.91 Å². The molecule has 0 aromatic heterocycles. The zero-order valence-electron chi connectivity index (χ0n) is 9.38. The number of hydrogen-bond acceptors (Lipinski definition) is 2. The van der Waals surface area contributed by atoms with Crippen LogP contribution in [0.4, 0.5) is 0 Å². The Labute approximate surface area is 114 Å². The van der Waals surface area contributed by atoms with Crippen LogP contribution in [-0.4, -0.2) is 37.0 Å². The van der Waals surface area contributed by atoms with Crippen LogP contribution >= 0.6 is 27.5 Å². The summed E-state index contributed by atoms with van der Waals surface area (Å²) in [6.07, 6.45) is 0.404. The third-order valence-electron chi connectivity index (χ3n) is 2.82. The molecule has 0 spiro atoms. The monoisotopic (exact) mass is 316 g/mol. The number of nitrogens with one attached hydrogen (secondary N) is 1. The Morgan fingerprint density at radius 1 is 1.41 bits per heavy atom. The summed E-state index contributed by atoms with van der Waals surface area (Å²) in [5.41, 5.74) is 0.945. The Morgan fingerprint density at radius 2 is 2.12 bits per heavy atom. The van der Waals surface area contributed by atoms with Crippen molar-refractivity contribution in [2.75, 3.05) is 26.2 Å². The second-order valence-electron chi connectivity index (χ2n) is 4.04. The molecular formula is C12H14BrClN2O. The Bertz CT molecular complexity index is 419. The van der Waals surface area contributed by atoms with Crippen LogP contribution in [0, 0.1) is 0 Å². The molecule has 1 aliphatic rings. The number of benzene rings is 1. The molecule has 1 aliphatic heterocycles. The molecule has 1 aromatic rings. The number of halogens is 2.